The Bertz CT molecular complexity index is 466. The maximum Gasteiger partial charge on any atom is 0.372 e. The summed E-state index contributed by atoms with van der Waals surface area (Å²) in [4.78, 5) is 12.1. The van der Waals surface area contributed by atoms with Crippen molar-refractivity contribution in [2.24, 2.45) is 23.2 Å². The highest BCUT2D eigenvalue weighted by Crippen LogP contribution is 2.59. The molecule has 4 rings (SSSR count). The van der Waals surface area contributed by atoms with Crippen LogP contribution in [0.25, 0.3) is 0 Å². The van der Waals surface area contributed by atoms with Crippen LogP contribution >= 0.6 is 12.0 Å². The molecule has 132 valence electrons. The molecule has 0 radical (unpaired) electrons. The molecule has 0 amide bonds. The summed E-state index contributed by atoms with van der Waals surface area (Å²) in [6.45, 7) is 2.44. The molecule has 0 spiro atoms. The molecule has 4 aliphatic carbocycles. The van der Waals surface area contributed by atoms with Crippen molar-refractivity contribution in [3.63, 3.8) is 0 Å². The molecule has 8 heteroatoms. The summed E-state index contributed by atoms with van der Waals surface area (Å²) < 4.78 is 36.2. The van der Waals surface area contributed by atoms with Crippen molar-refractivity contribution in [1.29, 1.82) is 0 Å². The second-order valence-corrected chi connectivity index (χ2v) is 9.11. The van der Waals surface area contributed by atoms with E-state index in [2.05, 4.69) is 9.37 Å². The minimum absolute atomic E-state index is 0.0342. The van der Waals surface area contributed by atoms with Crippen molar-refractivity contribution < 1.29 is 32.9 Å². The predicted octanol–water partition coefficient (Wildman–Crippen LogP) is 3.84. The minimum atomic E-state index is -3.45. The number of hydrogen-bond donors (Lipinski definition) is 1. The SMILES string of the molecule is CC(C)(SOOO)C(F)(F)OCC12CC3CC(C1)C(=O)C(C3)C2. The number of Topliss-reactive ketones (excluding diaryl/α,β-unsaturated/α-hetero) is 1. The third-order valence-electron chi connectivity index (χ3n) is 5.65. The van der Waals surface area contributed by atoms with Gasteiger partial charge in [-0.3, -0.25) is 4.79 Å². The van der Waals surface area contributed by atoms with Crippen LogP contribution in [0.4, 0.5) is 8.78 Å². The molecule has 4 aliphatic rings. The lowest BCUT2D eigenvalue weighted by atomic mass is 9.49. The van der Waals surface area contributed by atoms with E-state index in [0.29, 0.717) is 36.6 Å². The van der Waals surface area contributed by atoms with Crippen LogP contribution in [-0.4, -0.2) is 28.5 Å². The molecule has 5 nitrogen and oxygen atoms in total. The third kappa shape index (κ3) is 3.16. The number of rotatable bonds is 7. The summed E-state index contributed by atoms with van der Waals surface area (Å²) in [7, 11) is 0. The lowest BCUT2D eigenvalue weighted by Crippen LogP contribution is -2.54. The van der Waals surface area contributed by atoms with Gasteiger partial charge in [-0.15, -0.1) is 4.33 Å². The summed E-state index contributed by atoms with van der Waals surface area (Å²) in [5, 5.41) is 11.5. The van der Waals surface area contributed by atoms with E-state index < -0.39 is 10.9 Å². The van der Waals surface area contributed by atoms with Gasteiger partial charge < -0.3 is 4.74 Å². The molecule has 0 saturated heterocycles. The predicted molar refractivity (Wildman–Crippen MR) is 78.4 cm³/mol. The normalized spacial score (nSPS) is 36.7. The molecular formula is C15H22F2O5S. The van der Waals surface area contributed by atoms with Crippen LogP contribution in [0.3, 0.4) is 0 Å². The zero-order valence-electron chi connectivity index (χ0n) is 13.2. The maximum absolute atomic E-state index is 14.4. The van der Waals surface area contributed by atoms with Crippen LogP contribution in [0.15, 0.2) is 0 Å². The maximum atomic E-state index is 14.4. The van der Waals surface area contributed by atoms with E-state index in [4.69, 9.17) is 9.99 Å². The van der Waals surface area contributed by atoms with E-state index in [9.17, 15) is 13.6 Å². The summed E-state index contributed by atoms with van der Waals surface area (Å²) in [6, 6.07) is 0. The van der Waals surface area contributed by atoms with Gasteiger partial charge in [0.2, 0.25) is 0 Å². The van der Waals surface area contributed by atoms with Gasteiger partial charge in [0, 0.05) is 11.8 Å². The summed E-state index contributed by atoms with van der Waals surface area (Å²) >= 11 is 0.302. The van der Waals surface area contributed by atoms with Gasteiger partial charge in [0.1, 0.15) is 10.5 Å². The molecule has 0 aromatic rings. The van der Waals surface area contributed by atoms with Crippen molar-refractivity contribution in [3.8, 4) is 0 Å². The Balaban J connectivity index is 1.65. The Kier molecular flexibility index (Phi) is 4.51. The molecule has 23 heavy (non-hydrogen) atoms. The van der Waals surface area contributed by atoms with Crippen LogP contribution in [-0.2, 0) is 18.9 Å². The molecule has 4 bridgehead atoms. The van der Waals surface area contributed by atoms with E-state index in [1.165, 1.54) is 13.8 Å². The van der Waals surface area contributed by atoms with Gasteiger partial charge >= 0.3 is 6.11 Å². The standard InChI is InChI=1S/C15H22F2O5S/c1-13(2,23-22-21-19)15(16,17)20-8-14-5-9-3-10(6-14)12(18)11(4-9)7-14/h9-11,19H,3-8H2,1-2H3. The summed E-state index contributed by atoms with van der Waals surface area (Å²) in [6.07, 6.45) is 0.571. The lowest BCUT2D eigenvalue weighted by Gasteiger charge is -2.55. The molecular weight excluding hydrogens is 330 g/mol. The number of alkyl halides is 2. The molecule has 4 fully saturated rings. The first-order chi connectivity index (χ1) is 10.7. The van der Waals surface area contributed by atoms with Gasteiger partial charge in [0.25, 0.3) is 0 Å². The summed E-state index contributed by atoms with van der Waals surface area (Å²) in [5.41, 5.74) is -0.303. The van der Waals surface area contributed by atoms with Gasteiger partial charge in [0.15, 0.2) is 0 Å². The van der Waals surface area contributed by atoms with Crippen LogP contribution in [0.2, 0.25) is 0 Å². The first-order valence-corrected chi connectivity index (χ1v) is 8.64. The van der Waals surface area contributed by atoms with E-state index in [1.54, 1.807) is 0 Å². The number of ketones is 1. The Morgan fingerprint density at radius 2 is 1.87 bits per heavy atom. The number of carbonyl (C=O) groups excluding carboxylic acids is 1. The molecule has 2 unspecified atom stereocenters. The fourth-order valence-corrected chi connectivity index (χ4v) is 5.01. The average molecular weight is 352 g/mol. The van der Waals surface area contributed by atoms with E-state index in [0.717, 1.165) is 19.3 Å². The quantitative estimate of drug-likeness (QED) is 0.427. The van der Waals surface area contributed by atoms with E-state index in [1.807, 2.05) is 0 Å². The smallest absolute Gasteiger partial charge is 0.319 e. The molecule has 0 aromatic heterocycles. The lowest BCUT2D eigenvalue weighted by molar-refractivity contribution is -0.433. The second-order valence-electron chi connectivity index (χ2n) is 7.79. The number of hydrogen-bond acceptors (Lipinski definition) is 6. The van der Waals surface area contributed by atoms with Crippen LogP contribution < -0.4 is 0 Å². The fraction of sp³-hybridized carbons (Fsp3) is 0.933. The van der Waals surface area contributed by atoms with Gasteiger partial charge in [0.05, 0.1) is 18.6 Å². The topological polar surface area (TPSA) is 65.0 Å². The fourth-order valence-electron chi connectivity index (χ4n) is 4.65. The van der Waals surface area contributed by atoms with Crippen molar-refractivity contribution in [2.45, 2.75) is 56.8 Å². The molecule has 2 atom stereocenters. The third-order valence-corrected chi connectivity index (χ3v) is 6.44. The molecule has 0 aromatic carbocycles. The Hall–Kier alpha value is -0.280. The van der Waals surface area contributed by atoms with E-state index in [-0.39, 0.29) is 23.9 Å². The second kappa shape index (κ2) is 5.91. The minimum Gasteiger partial charge on any atom is -0.319 e. The zero-order chi connectivity index (χ0) is 16.9. The molecule has 4 saturated carbocycles. The van der Waals surface area contributed by atoms with Crippen molar-refractivity contribution in [3.05, 3.63) is 0 Å². The molecule has 0 heterocycles. The Labute approximate surface area is 138 Å². The van der Waals surface area contributed by atoms with Gasteiger partial charge in [-0.05, 0) is 57.3 Å². The monoisotopic (exact) mass is 352 g/mol. The first-order valence-electron chi connectivity index (χ1n) is 7.89. The summed E-state index contributed by atoms with van der Waals surface area (Å²) in [5.74, 6) is 0.864. The van der Waals surface area contributed by atoms with Gasteiger partial charge in [-0.2, -0.15) is 8.78 Å². The Morgan fingerprint density at radius 1 is 1.26 bits per heavy atom. The highest BCUT2D eigenvalue weighted by atomic mass is 32.2. The van der Waals surface area contributed by atoms with Crippen LogP contribution in [0, 0.1) is 23.2 Å². The highest BCUT2D eigenvalue weighted by molar-refractivity contribution is 7.96. The van der Waals surface area contributed by atoms with Crippen molar-refractivity contribution in [1.82, 2.24) is 0 Å². The zero-order valence-corrected chi connectivity index (χ0v) is 14.0. The number of ether oxygens (including phenoxy) is 1. The van der Waals surface area contributed by atoms with Gasteiger partial charge in [-0.1, -0.05) is 5.04 Å². The number of carbonyl (C=O) groups is 1. The Morgan fingerprint density at radius 3 is 2.43 bits per heavy atom. The largest absolute Gasteiger partial charge is 0.372 e. The first kappa shape index (κ1) is 17.5. The van der Waals surface area contributed by atoms with Crippen LogP contribution in [0.1, 0.15) is 46.0 Å². The van der Waals surface area contributed by atoms with Crippen molar-refractivity contribution >= 4 is 17.8 Å². The molecule has 0 aliphatic heterocycles. The molecule has 1 N–H and O–H groups in total. The van der Waals surface area contributed by atoms with Crippen LogP contribution in [0.5, 0.6) is 0 Å². The number of halogens is 2. The van der Waals surface area contributed by atoms with Crippen molar-refractivity contribution in [2.75, 3.05) is 6.61 Å². The van der Waals surface area contributed by atoms with E-state index >= 15 is 0 Å². The highest BCUT2D eigenvalue weighted by Gasteiger charge is 2.57. The van der Waals surface area contributed by atoms with Gasteiger partial charge in [-0.25, -0.2) is 5.26 Å². The average Bonchev–Trinajstić information content (AvgIpc) is 2.48.